The minimum Gasteiger partial charge on any atom is -0.505 e. The van der Waals surface area contributed by atoms with Crippen molar-refractivity contribution in [1.29, 1.82) is 0 Å². The van der Waals surface area contributed by atoms with Gasteiger partial charge >= 0.3 is 0 Å². The van der Waals surface area contributed by atoms with Gasteiger partial charge in [-0.25, -0.2) is 4.39 Å². The molecular weight excluding hydrogens is 381 g/mol. The lowest BCUT2D eigenvalue weighted by Crippen LogP contribution is -2.35. The van der Waals surface area contributed by atoms with Crippen LogP contribution in [0.5, 0.6) is 11.5 Å². The van der Waals surface area contributed by atoms with Gasteiger partial charge in [0.2, 0.25) is 0 Å². The van der Waals surface area contributed by atoms with E-state index in [1.165, 1.54) is 18.6 Å². The fraction of sp³-hybridized carbons (Fsp3) is 0.240. The molecule has 0 spiro atoms. The van der Waals surface area contributed by atoms with Crippen molar-refractivity contribution in [1.82, 2.24) is 4.90 Å². The first kappa shape index (κ1) is 20.0. The quantitative estimate of drug-likeness (QED) is 0.618. The number of carbonyl (C=O) groups is 1. The molecule has 0 atom stereocenters. The van der Waals surface area contributed by atoms with Gasteiger partial charge in [-0.05, 0) is 60.7 Å². The Hall–Kier alpha value is -3.34. The number of benzene rings is 3. The molecule has 1 N–H and O–H groups in total. The van der Waals surface area contributed by atoms with Crippen LogP contribution < -0.4 is 4.74 Å². The summed E-state index contributed by atoms with van der Waals surface area (Å²) in [6, 6.07) is 19.2. The van der Waals surface area contributed by atoms with Crippen molar-refractivity contribution >= 4 is 5.91 Å². The van der Waals surface area contributed by atoms with E-state index in [1.807, 2.05) is 53.4 Å². The van der Waals surface area contributed by atoms with Gasteiger partial charge in [-0.15, -0.1) is 0 Å². The number of para-hydroxylation sites is 1. The summed E-state index contributed by atoms with van der Waals surface area (Å²) >= 11 is 0. The third kappa shape index (κ3) is 4.46. The Labute approximate surface area is 175 Å². The van der Waals surface area contributed by atoms with Crippen LogP contribution in [0, 0.1) is 5.82 Å². The maximum atomic E-state index is 13.8. The Morgan fingerprint density at radius 2 is 1.70 bits per heavy atom. The van der Waals surface area contributed by atoms with Gasteiger partial charge in [-0.3, -0.25) is 4.79 Å². The molecule has 3 aromatic carbocycles. The van der Waals surface area contributed by atoms with E-state index in [1.54, 1.807) is 6.07 Å². The van der Waals surface area contributed by atoms with E-state index in [9.17, 15) is 14.3 Å². The first-order valence-corrected chi connectivity index (χ1v) is 10.2. The van der Waals surface area contributed by atoms with Gasteiger partial charge in [0.1, 0.15) is 12.4 Å². The van der Waals surface area contributed by atoms with Gasteiger partial charge in [0.25, 0.3) is 5.91 Å². The zero-order valence-electron chi connectivity index (χ0n) is 16.7. The van der Waals surface area contributed by atoms with Crippen molar-refractivity contribution in [2.45, 2.75) is 25.9 Å². The number of rotatable bonds is 5. The molecule has 0 unspecified atom stereocenters. The van der Waals surface area contributed by atoms with E-state index < -0.39 is 5.82 Å². The number of phenolic OH excluding ortho intramolecular Hbond substituents is 1. The minimum atomic E-state index is -0.670. The normalized spacial score (nSPS) is 13.8. The summed E-state index contributed by atoms with van der Waals surface area (Å²) in [5, 5.41) is 9.42. The van der Waals surface area contributed by atoms with Crippen molar-refractivity contribution in [3.05, 3.63) is 83.7 Å². The highest BCUT2D eigenvalue weighted by atomic mass is 19.1. The summed E-state index contributed by atoms with van der Waals surface area (Å²) in [5.41, 5.74) is 3.01. The van der Waals surface area contributed by atoms with Crippen molar-refractivity contribution in [3.63, 3.8) is 0 Å². The van der Waals surface area contributed by atoms with Crippen LogP contribution in [0.1, 0.15) is 35.2 Å². The first-order valence-electron chi connectivity index (χ1n) is 10.2. The van der Waals surface area contributed by atoms with Crippen LogP contribution >= 0.6 is 0 Å². The maximum absolute atomic E-state index is 13.8. The second-order valence-corrected chi connectivity index (χ2v) is 7.50. The minimum absolute atomic E-state index is 0.0851. The van der Waals surface area contributed by atoms with Crippen molar-refractivity contribution in [3.8, 4) is 22.6 Å². The van der Waals surface area contributed by atoms with Crippen LogP contribution in [-0.4, -0.2) is 29.0 Å². The van der Waals surface area contributed by atoms with E-state index in [0.717, 1.165) is 37.1 Å². The summed E-state index contributed by atoms with van der Waals surface area (Å²) in [5.74, 6) is -0.342. The Bertz CT molecular complexity index is 1030. The molecule has 1 heterocycles. The summed E-state index contributed by atoms with van der Waals surface area (Å²) in [4.78, 5) is 14.5. The lowest BCUT2D eigenvalue weighted by Gasteiger charge is -2.26. The predicted molar refractivity (Wildman–Crippen MR) is 114 cm³/mol. The Balaban J connectivity index is 1.45. The van der Waals surface area contributed by atoms with E-state index in [-0.39, 0.29) is 11.7 Å². The molecule has 0 aromatic heterocycles. The SMILES string of the molecule is O=C(c1ccc(COc2ccccc2-c2ccc(O)c(F)c2)cc1)N1CCCCC1. The third-order valence-electron chi connectivity index (χ3n) is 5.38. The summed E-state index contributed by atoms with van der Waals surface area (Å²) < 4.78 is 19.7. The molecule has 1 aliphatic heterocycles. The smallest absolute Gasteiger partial charge is 0.253 e. The lowest BCUT2D eigenvalue weighted by molar-refractivity contribution is 0.0724. The topological polar surface area (TPSA) is 49.8 Å². The molecule has 0 bridgehead atoms. The van der Waals surface area contributed by atoms with Gasteiger partial charge in [-0.1, -0.05) is 36.4 Å². The Kier molecular flexibility index (Phi) is 5.98. The van der Waals surface area contributed by atoms with Gasteiger partial charge in [-0.2, -0.15) is 0 Å². The van der Waals surface area contributed by atoms with Crippen molar-refractivity contribution in [2.24, 2.45) is 0 Å². The molecule has 1 saturated heterocycles. The number of aromatic hydroxyl groups is 1. The zero-order chi connectivity index (χ0) is 20.9. The first-order chi connectivity index (χ1) is 14.6. The summed E-state index contributed by atoms with van der Waals surface area (Å²) in [6.07, 6.45) is 3.34. The van der Waals surface area contributed by atoms with Crippen LogP contribution in [0.2, 0.25) is 0 Å². The van der Waals surface area contributed by atoms with E-state index >= 15 is 0 Å². The molecule has 0 aliphatic carbocycles. The fourth-order valence-electron chi connectivity index (χ4n) is 3.69. The number of hydrogen-bond acceptors (Lipinski definition) is 3. The number of hydrogen-bond donors (Lipinski definition) is 1. The predicted octanol–water partition coefficient (Wildman–Crippen LogP) is 5.40. The average molecular weight is 405 g/mol. The standard InChI is InChI=1S/C25H24FNO3/c26-22-16-20(12-13-23(22)28)21-6-2-3-7-24(21)30-17-18-8-10-19(11-9-18)25(29)27-14-4-1-5-15-27/h2-3,6-13,16,28H,1,4-5,14-15,17H2. The third-order valence-corrected chi connectivity index (χ3v) is 5.38. The fourth-order valence-corrected chi connectivity index (χ4v) is 3.69. The van der Waals surface area contributed by atoms with Crippen LogP contribution in [-0.2, 0) is 6.61 Å². The molecule has 3 aromatic rings. The molecule has 1 fully saturated rings. The molecule has 0 saturated carbocycles. The maximum Gasteiger partial charge on any atom is 0.253 e. The van der Waals surface area contributed by atoms with Gasteiger partial charge in [0.05, 0.1) is 0 Å². The number of amides is 1. The Morgan fingerprint density at radius 1 is 0.967 bits per heavy atom. The second-order valence-electron chi connectivity index (χ2n) is 7.50. The summed E-state index contributed by atoms with van der Waals surface area (Å²) in [7, 11) is 0. The molecule has 4 rings (SSSR count). The number of piperidine rings is 1. The molecule has 1 amide bonds. The molecule has 30 heavy (non-hydrogen) atoms. The van der Waals surface area contributed by atoms with Crippen molar-refractivity contribution < 1.29 is 19.0 Å². The number of halogens is 1. The zero-order valence-corrected chi connectivity index (χ0v) is 16.7. The van der Waals surface area contributed by atoms with E-state index in [0.29, 0.717) is 23.5 Å². The van der Waals surface area contributed by atoms with E-state index in [4.69, 9.17) is 4.74 Å². The average Bonchev–Trinajstić information content (AvgIpc) is 2.80. The molecule has 154 valence electrons. The van der Waals surface area contributed by atoms with Gasteiger partial charge in [0.15, 0.2) is 11.6 Å². The number of ether oxygens (including phenoxy) is 1. The monoisotopic (exact) mass is 405 g/mol. The van der Waals surface area contributed by atoms with Gasteiger partial charge < -0.3 is 14.7 Å². The number of nitrogens with zero attached hydrogens (tertiary/aromatic N) is 1. The molecule has 5 heteroatoms. The highest BCUT2D eigenvalue weighted by Gasteiger charge is 2.18. The van der Waals surface area contributed by atoms with Gasteiger partial charge in [0, 0.05) is 24.2 Å². The van der Waals surface area contributed by atoms with Crippen LogP contribution in [0.4, 0.5) is 4.39 Å². The summed E-state index contributed by atoms with van der Waals surface area (Å²) in [6.45, 7) is 1.99. The number of phenols is 1. The molecule has 0 radical (unpaired) electrons. The van der Waals surface area contributed by atoms with E-state index in [2.05, 4.69) is 0 Å². The number of carbonyl (C=O) groups excluding carboxylic acids is 1. The van der Waals surface area contributed by atoms with Crippen molar-refractivity contribution in [2.75, 3.05) is 13.1 Å². The van der Waals surface area contributed by atoms with Crippen LogP contribution in [0.25, 0.3) is 11.1 Å². The molecule has 4 nitrogen and oxygen atoms in total. The highest BCUT2D eigenvalue weighted by molar-refractivity contribution is 5.94. The van der Waals surface area contributed by atoms with Crippen LogP contribution in [0.15, 0.2) is 66.7 Å². The lowest BCUT2D eigenvalue weighted by atomic mass is 10.0. The second kappa shape index (κ2) is 8.99. The molecule has 1 aliphatic rings. The Morgan fingerprint density at radius 3 is 2.43 bits per heavy atom. The molecular formula is C25H24FNO3. The van der Waals surface area contributed by atoms with Crippen LogP contribution in [0.3, 0.4) is 0 Å². The largest absolute Gasteiger partial charge is 0.505 e. The highest BCUT2D eigenvalue weighted by Crippen LogP contribution is 2.32. The number of likely N-dealkylation sites (tertiary alicyclic amines) is 1.